The summed E-state index contributed by atoms with van der Waals surface area (Å²) in [6, 6.07) is 9.89. The summed E-state index contributed by atoms with van der Waals surface area (Å²) in [5.41, 5.74) is 1.20. The molecule has 1 heterocycles. The van der Waals surface area contributed by atoms with Crippen molar-refractivity contribution in [3.8, 4) is 0 Å². The predicted molar refractivity (Wildman–Crippen MR) is 74.5 cm³/mol. The van der Waals surface area contributed by atoms with E-state index in [4.69, 9.17) is 17.0 Å². The van der Waals surface area contributed by atoms with E-state index in [9.17, 15) is 4.79 Å². The maximum Gasteiger partial charge on any atom is 0.329 e. The van der Waals surface area contributed by atoms with E-state index >= 15 is 0 Å². The molecule has 0 aromatic heterocycles. The Morgan fingerprint density at radius 1 is 1.39 bits per heavy atom. The molecule has 1 aromatic carbocycles. The zero-order valence-corrected chi connectivity index (χ0v) is 11.0. The average Bonchev–Trinajstić information content (AvgIpc) is 2.91. The molecule has 0 amide bonds. The van der Waals surface area contributed by atoms with Crippen LogP contribution in [0.5, 0.6) is 0 Å². The topological polar surface area (TPSA) is 38.3 Å². The van der Waals surface area contributed by atoms with Crippen LogP contribution < -0.4 is 5.32 Å². The number of hydrogen-bond donors (Lipinski definition) is 1. The first kappa shape index (κ1) is 13.2. The number of rotatable bonds is 4. The van der Waals surface area contributed by atoms with Gasteiger partial charge in [0.1, 0.15) is 6.04 Å². The zero-order valence-electron chi connectivity index (χ0n) is 10.2. The van der Waals surface area contributed by atoms with Crippen LogP contribution in [0.25, 0.3) is 0 Å². The number of thiocarbonyl (C=S) groups is 1. The molecule has 1 fully saturated rings. The van der Waals surface area contributed by atoms with E-state index < -0.39 is 0 Å². The summed E-state index contributed by atoms with van der Waals surface area (Å²) in [6.07, 6.45) is 3.29. The Kier molecular flexibility index (Phi) is 4.84. The summed E-state index contributed by atoms with van der Waals surface area (Å²) >= 11 is 5.09. The first-order valence-corrected chi connectivity index (χ1v) is 6.68. The maximum absolute atomic E-state index is 11.7. The van der Waals surface area contributed by atoms with Crippen molar-refractivity contribution in [2.45, 2.75) is 31.7 Å². The molecule has 1 N–H and O–H groups in total. The number of carbonyl (C=O) groups is 1. The molecule has 1 atom stereocenters. The lowest BCUT2D eigenvalue weighted by Crippen LogP contribution is -2.33. The van der Waals surface area contributed by atoms with E-state index in [-0.39, 0.29) is 12.0 Å². The van der Waals surface area contributed by atoms with E-state index in [1.54, 1.807) is 0 Å². The summed E-state index contributed by atoms with van der Waals surface area (Å²) in [6.45, 7) is 0.885. The molecule has 0 spiro atoms. The Morgan fingerprint density at radius 2 is 2.17 bits per heavy atom. The summed E-state index contributed by atoms with van der Waals surface area (Å²) in [5, 5.41) is 3.49. The smallest absolute Gasteiger partial charge is 0.329 e. The van der Waals surface area contributed by atoms with Crippen LogP contribution in [0.2, 0.25) is 0 Å². The van der Waals surface area contributed by atoms with Crippen LogP contribution in [-0.4, -0.2) is 23.6 Å². The first-order valence-electron chi connectivity index (χ1n) is 6.27. The predicted octanol–water partition coefficient (Wildman–Crippen LogP) is 2.24. The van der Waals surface area contributed by atoms with Gasteiger partial charge in [0.05, 0.1) is 0 Å². The van der Waals surface area contributed by atoms with Crippen molar-refractivity contribution in [1.82, 2.24) is 5.32 Å². The minimum absolute atomic E-state index is 0.167. The van der Waals surface area contributed by atoms with Gasteiger partial charge < -0.3 is 10.1 Å². The SMILES string of the molecule is O=C(OC(=S)CCc1ccccc1)[C@@H]1CCCN1. The molecule has 3 nitrogen and oxygen atoms in total. The van der Waals surface area contributed by atoms with Gasteiger partial charge in [-0.1, -0.05) is 30.3 Å². The Bertz CT molecular complexity index is 413. The van der Waals surface area contributed by atoms with Crippen molar-refractivity contribution in [3.05, 3.63) is 35.9 Å². The fraction of sp³-hybridized carbons (Fsp3) is 0.429. The number of ether oxygens (including phenoxy) is 1. The van der Waals surface area contributed by atoms with Crippen LogP contribution in [0.4, 0.5) is 0 Å². The van der Waals surface area contributed by atoms with E-state index in [1.165, 1.54) is 5.56 Å². The molecule has 1 aromatic rings. The molecular formula is C14H17NO2S. The molecule has 0 bridgehead atoms. The fourth-order valence-corrected chi connectivity index (χ4v) is 2.20. The molecule has 0 unspecified atom stereocenters. The minimum Gasteiger partial charge on any atom is -0.418 e. The van der Waals surface area contributed by atoms with Crippen molar-refractivity contribution >= 4 is 23.2 Å². The summed E-state index contributed by atoms with van der Waals surface area (Å²) < 4.78 is 5.19. The Labute approximate surface area is 113 Å². The molecule has 1 aliphatic heterocycles. The van der Waals surface area contributed by atoms with Crippen molar-refractivity contribution in [2.24, 2.45) is 0 Å². The van der Waals surface area contributed by atoms with Crippen molar-refractivity contribution in [1.29, 1.82) is 0 Å². The minimum atomic E-state index is -0.231. The van der Waals surface area contributed by atoms with Crippen LogP contribution in [-0.2, 0) is 16.0 Å². The van der Waals surface area contributed by atoms with Crippen LogP contribution in [0, 0.1) is 0 Å². The maximum atomic E-state index is 11.7. The van der Waals surface area contributed by atoms with Crippen LogP contribution in [0.3, 0.4) is 0 Å². The number of benzene rings is 1. The number of carbonyl (C=O) groups excluding carboxylic acids is 1. The third-order valence-corrected chi connectivity index (χ3v) is 3.31. The van der Waals surface area contributed by atoms with E-state index in [0.717, 1.165) is 25.8 Å². The molecule has 0 aliphatic carbocycles. The van der Waals surface area contributed by atoms with Crippen molar-refractivity contribution in [2.75, 3.05) is 6.54 Å². The number of hydrogen-bond acceptors (Lipinski definition) is 4. The lowest BCUT2D eigenvalue weighted by Gasteiger charge is -2.10. The molecular weight excluding hydrogens is 246 g/mol. The van der Waals surface area contributed by atoms with Gasteiger partial charge in [0.15, 0.2) is 5.05 Å². The molecule has 1 saturated heterocycles. The van der Waals surface area contributed by atoms with Crippen LogP contribution in [0.1, 0.15) is 24.8 Å². The van der Waals surface area contributed by atoms with Gasteiger partial charge in [-0.3, -0.25) is 0 Å². The summed E-state index contributed by atoms with van der Waals surface area (Å²) in [5.74, 6) is -0.231. The molecule has 2 rings (SSSR count). The normalized spacial score (nSPS) is 18.6. The quantitative estimate of drug-likeness (QED) is 0.668. The highest BCUT2D eigenvalue weighted by Crippen LogP contribution is 2.09. The standard InChI is InChI=1S/C14H17NO2S/c16-14(12-7-4-10-15-12)17-13(18)9-8-11-5-2-1-3-6-11/h1-3,5-6,12,15H,4,7-10H2/t12-/m0/s1. The number of nitrogens with one attached hydrogen (secondary N) is 1. The molecule has 0 saturated carbocycles. The van der Waals surface area contributed by atoms with Crippen LogP contribution >= 0.6 is 12.2 Å². The molecule has 18 heavy (non-hydrogen) atoms. The van der Waals surface area contributed by atoms with Gasteiger partial charge in [0, 0.05) is 6.42 Å². The van der Waals surface area contributed by atoms with Gasteiger partial charge in [-0.05, 0) is 43.6 Å². The Morgan fingerprint density at radius 3 is 2.83 bits per heavy atom. The second-order valence-electron chi connectivity index (χ2n) is 4.43. The van der Waals surface area contributed by atoms with Crippen molar-refractivity contribution < 1.29 is 9.53 Å². The van der Waals surface area contributed by atoms with Gasteiger partial charge in [0.25, 0.3) is 0 Å². The van der Waals surface area contributed by atoms with E-state index in [0.29, 0.717) is 11.5 Å². The molecule has 96 valence electrons. The highest BCUT2D eigenvalue weighted by atomic mass is 32.1. The van der Waals surface area contributed by atoms with Gasteiger partial charge >= 0.3 is 5.97 Å². The second kappa shape index (κ2) is 6.61. The largest absolute Gasteiger partial charge is 0.418 e. The highest BCUT2D eigenvalue weighted by Gasteiger charge is 2.24. The van der Waals surface area contributed by atoms with Gasteiger partial charge in [0.2, 0.25) is 0 Å². The van der Waals surface area contributed by atoms with Crippen LogP contribution in [0.15, 0.2) is 30.3 Å². The lowest BCUT2D eigenvalue weighted by molar-refractivity contribution is -0.137. The van der Waals surface area contributed by atoms with E-state index in [2.05, 4.69) is 5.32 Å². The molecule has 0 radical (unpaired) electrons. The molecule has 1 aliphatic rings. The highest BCUT2D eigenvalue weighted by molar-refractivity contribution is 7.80. The summed E-state index contributed by atoms with van der Waals surface area (Å²) in [7, 11) is 0. The van der Waals surface area contributed by atoms with Crippen molar-refractivity contribution in [3.63, 3.8) is 0 Å². The lowest BCUT2D eigenvalue weighted by atomic mass is 10.1. The fourth-order valence-electron chi connectivity index (χ4n) is 2.01. The molecule has 4 heteroatoms. The second-order valence-corrected chi connectivity index (χ2v) is 4.88. The third-order valence-electron chi connectivity index (χ3n) is 3.02. The zero-order chi connectivity index (χ0) is 12.8. The van der Waals surface area contributed by atoms with Gasteiger partial charge in [-0.25, -0.2) is 4.79 Å². The number of esters is 1. The van der Waals surface area contributed by atoms with Gasteiger partial charge in [-0.2, -0.15) is 0 Å². The first-order chi connectivity index (χ1) is 8.75. The van der Waals surface area contributed by atoms with E-state index in [1.807, 2.05) is 30.3 Å². The summed E-state index contributed by atoms with van der Waals surface area (Å²) in [4.78, 5) is 11.7. The Balaban J connectivity index is 1.73. The number of aryl methyl sites for hydroxylation is 1. The Hall–Kier alpha value is -1.26. The van der Waals surface area contributed by atoms with Gasteiger partial charge in [-0.15, -0.1) is 0 Å². The third kappa shape index (κ3) is 3.89. The average molecular weight is 263 g/mol. The monoisotopic (exact) mass is 263 g/mol.